The lowest BCUT2D eigenvalue weighted by molar-refractivity contribution is -0.277. The third kappa shape index (κ3) is 6.18. The van der Waals surface area contributed by atoms with Crippen molar-refractivity contribution in [1.29, 1.82) is 0 Å². The molecule has 0 saturated carbocycles. The summed E-state index contributed by atoms with van der Waals surface area (Å²) in [5.74, 6) is -1.60. The zero-order valence-corrected chi connectivity index (χ0v) is 20.6. The molecule has 208 valence electrons. The fourth-order valence-corrected chi connectivity index (χ4v) is 4.51. The highest BCUT2D eigenvalue weighted by molar-refractivity contribution is 6.02. The number of hydrogen-bond acceptors (Lipinski definition) is 12. The van der Waals surface area contributed by atoms with Crippen molar-refractivity contribution in [2.24, 2.45) is 0 Å². The summed E-state index contributed by atoms with van der Waals surface area (Å²) in [5.41, 5.74) is 0.627. The molecule has 1 unspecified atom stereocenters. The largest absolute Gasteiger partial charge is 0.508 e. The van der Waals surface area contributed by atoms with Crippen LogP contribution in [0.3, 0.4) is 0 Å². The Morgan fingerprint density at radius 3 is 2.34 bits per heavy atom. The van der Waals surface area contributed by atoms with Gasteiger partial charge in [-0.2, -0.15) is 0 Å². The number of aliphatic hydroxyl groups excluding tert-OH is 4. The van der Waals surface area contributed by atoms with Crippen molar-refractivity contribution in [3.8, 4) is 23.0 Å². The first kappa shape index (κ1) is 28.0. The third-order valence-electron chi connectivity index (χ3n) is 6.78. The maximum absolute atomic E-state index is 13.4. The van der Waals surface area contributed by atoms with Crippen molar-refractivity contribution < 1.29 is 54.8 Å². The van der Waals surface area contributed by atoms with Gasteiger partial charge < -0.3 is 50.0 Å². The van der Waals surface area contributed by atoms with Crippen molar-refractivity contribution in [1.82, 2.24) is 4.90 Å². The Labute approximate surface area is 218 Å². The number of benzene rings is 2. The molecule has 5 atom stereocenters. The second kappa shape index (κ2) is 12.3. The van der Waals surface area contributed by atoms with Gasteiger partial charge in [-0.3, -0.25) is 9.69 Å². The Morgan fingerprint density at radius 2 is 1.68 bits per heavy atom. The number of phenols is 3. The summed E-state index contributed by atoms with van der Waals surface area (Å²) in [7, 11) is 0. The number of morpholine rings is 1. The fourth-order valence-electron chi connectivity index (χ4n) is 4.51. The van der Waals surface area contributed by atoms with Crippen LogP contribution in [0.25, 0.3) is 0 Å². The van der Waals surface area contributed by atoms with Crippen LogP contribution in [-0.4, -0.2) is 110 Å². The van der Waals surface area contributed by atoms with Crippen LogP contribution < -0.4 is 4.74 Å². The lowest BCUT2D eigenvalue weighted by atomic mass is 9.97. The first-order valence-electron chi connectivity index (χ1n) is 12.4. The lowest BCUT2D eigenvalue weighted by Gasteiger charge is -2.39. The molecule has 0 radical (unpaired) electrons. The Hall–Kier alpha value is -2.97. The van der Waals surface area contributed by atoms with Gasteiger partial charge in [0.2, 0.25) is 6.29 Å². The number of hydrogen-bond donors (Lipinski definition) is 7. The van der Waals surface area contributed by atoms with Gasteiger partial charge >= 0.3 is 0 Å². The van der Waals surface area contributed by atoms with E-state index in [1.54, 1.807) is 12.1 Å². The molecule has 38 heavy (non-hydrogen) atoms. The van der Waals surface area contributed by atoms with Crippen LogP contribution in [-0.2, 0) is 22.4 Å². The minimum absolute atomic E-state index is 0.0643. The van der Waals surface area contributed by atoms with Crippen LogP contribution in [0.1, 0.15) is 27.9 Å². The van der Waals surface area contributed by atoms with Gasteiger partial charge in [-0.1, -0.05) is 12.1 Å². The van der Waals surface area contributed by atoms with Crippen LogP contribution in [0.5, 0.6) is 23.0 Å². The predicted octanol–water partition coefficient (Wildman–Crippen LogP) is -0.370. The average molecular weight is 536 g/mol. The lowest BCUT2D eigenvalue weighted by Crippen LogP contribution is -2.60. The smallest absolute Gasteiger partial charge is 0.229 e. The summed E-state index contributed by atoms with van der Waals surface area (Å²) in [5, 5.41) is 71.5. The molecule has 0 aliphatic carbocycles. The first-order valence-corrected chi connectivity index (χ1v) is 12.4. The van der Waals surface area contributed by atoms with Crippen molar-refractivity contribution in [3.63, 3.8) is 0 Å². The second-order valence-electron chi connectivity index (χ2n) is 9.39. The summed E-state index contributed by atoms with van der Waals surface area (Å²) in [6, 6.07) is 7.44. The SMILES string of the molecule is O=C(CCc1ccc(O)cc1)c1c(O[C@@H]2OC(CO)[C@@H](O)[C@H](O)[C@H]2O)cc(O)c(CN2CCOCC2)c1O. The van der Waals surface area contributed by atoms with E-state index >= 15 is 0 Å². The van der Waals surface area contributed by atoms with Gasteiger partial charge in [0.15, 0.2) is 5.78 Å². The van der Waals surface area contributed by atoms with E-state index in [0.717, 1.165) is 11.6 Å². The van der Waals surface area contributed by atoms with Gasteiger partial charge in [-0.15, -0.1) is 0 Å². The van der Waals surface area contributed by atoms with E-state index in [0.29, 0.717) is 26.3 Å². The summed E-state index contributed by atoms with van der Waals surface area (Å²) in [6.45, 7) is 1.55. The molecule has 2 aromatic carbocycles. The molecule has 0 spiro atoms. The molecule has 0 amide bonds. The van der Waals surface area contributed by atoms with E-state index < -0.39 is 48.8 Å². The number of ether oxygens (including phenoxy) is 3. The minimum atomic E-state index is -1.76. The second-order valence-corrected chi connectivity index (χ2v) is 9.39. The molecule has 12 nitrogen and oxygen atoms in total. The van der Waals surface area contributed by atoms with E-state index in [2.05, 4.69) is 0 Å². The minimum Gasteiger partial charge on any atom is -0.508 e. The highest BCUT2D eigenvalue weighted by Crippen LogP contribution is 2.41. The molecule has 0 aromatic heterocycles. The first-order chi connectivity index (χ1) is 18.2. The molecule has 2 heterocycles. The Balaban J connectivity index is 1.65. The van der Waals surface area contributed by atoms with Crippen LogP contribution >= 0.6 is 0 Å². The number of aryl methyl sites for hydroxylation is 1. The normalized spacial score (nSPS) is 26.3. The quantitative estimate of drug-likeness (QED) is 0.207. The average Bonchev–Trinajstić information content (AvgIpc) is 2.91. The summed E-state index contributed by atoms with van der Waals surface area (Å²) in [4.78, 5) is 15.4. The monoisotopic (exact) mass is 535 g/mol. The molecule has 2 aliphatic rings. The van der Waals surface area contributed by atoms with Crippen molar-refractivity contribution >= 4 is 5.78 Å². The number of rotatable bonds is 9. The fraction of sp³-hybridized carbons (Fsp3) is 0.500. The summed E-state index contributed by atoms with van der Waals surface area (Å²) < 4.78 is 16.4. The molecule has 4 rings (SSSR count). The number of Topliss-reactive ketones (excluding diaryl/α,β-unsaturated/α-hetero) is 1. The van der Waals surface area contributed by atoms with Gasteiger partial charge in [0.05, 0.1) is 25.4 Å². The number of carbonyl (C=O) groups is 1. The van der Waals surface area contributed by atoms with Crippen LogP contribution in [0.4, 0.5) is 0 Å². The van der Waals surface area contributed by atoms with Gasteiger partial charge in [0.25, 0.3) is 0 Å². The maximum Gasteiger partial charge on any atom is 0.229 e. The summed E-state index contributed by atoms with van der Waals surface area (Å²) >= 11 is 0. The topological polar surface area (TPSA) is 190 Å². The number of nitrogens with zero attached hydrogens (tertiary/aromatic N) is 1. The van der Waals surface area contributed by atoms with E-state index in [1.165, 1.54) is 12.1 Å². The molecule has 2 aliphatic heterocycles. The highest BCUT2D eigenvalue weighted by Gasteiger charge is 2.45. The van der Waals surface area contributed by atoms with Gasteiger partial charge in [-0.25, -0.2) is 0 Å². The number of aliphatic hydroxyl groups is 4. The molecule has 2 saturated heterocycles. The number of phenolic OH excluding ortho intramolecular Hbond substituents is 3. The molecule has 7 N–H and O–H groups in total. The zero-order valence-electron chi connectivity index (χ0n) is 20.6. The standard InChI is InChI=1S/C26H33NO11/c28-13-20-23(33)24(34)25(35)26(38-20)37-19-11-18(31)16(12-27-7-9-36-10-8-27)22(32)21(19)17(30)6-3-14-1-4-15(29)5-2-14/h1-2,4-5,11,20,23-26,28-29,31-35H,3,6-10,12-13H2/t20?,23-,24+,25-,26-/m1/s1. The number of aromatic hydroxyl groups is 3. The van der Waals surface area contributed by atoms with Crippen molar-refractivity contribution in [3.05, 3.63) is 47.0 Å². The van der Waals surface area contributed by atoms with Gasteiger partial charge in [0, 0.05) is 32.1 Å². The van der Waals surface area contributed by atoms with E-state index in [-0.39, 0.29) is 47.8 Å². The predicted molar refractivity (Wildman–Crippen MR) is 131 cm³/mol. The van der Waals surface area contributed by atoms with Crippen molar-refractivity contribution in [2.45, 2.75) is 50.1 Å². The molecule has 2 fully saturated rings. The van der Waals surface area contributed by atoms with Crippen LogP contribution in [0.2, 0.25) is 0 Å². The Bertz CT molecular complexity index is 1100. The van der Waals surface area contributed by atoms with Gasteiger partial charge in [0.1, 0.15) is 53.0 Å². The van der Waals surface area contributed by atoms with E-state index in [1.807, 2.05) is 4.90 Å². The van der Waals surface area contributed by atoms with Crippen LogP contribution in [0, 0.1) is 0 Å². The molecule has 0 bridgehead atoms. The zero-order chi connectivity index (χ0) is 27.4. The molecule has 12 heteroatoms. The molecular weight excluding hydrogens is 502 g/mol. The number of ketones is 1. The number of carbonyl (C=O) groups excluding carboxylic acids is 1. The van der Waals surface area contributed by atoms with E-state index in [9.17, 15) is 40.5 Å². The molecular formula is C26H33NO11. The van der Waals surface area contributed by atoms with Crippen LogP contribution in [0.15, 0.2) is 30.3 Å². The Morgan fingerprint density at radius 1 is 1.00 bits per heavy atom. The maximum atomic E-state index is 13.4. The molecule has 2 aromatic rings. The third-order valence-corrected chi connectivity index (χ3v) is 6.78. The summed E-state index contributed by atoms with van der Waals surface area (Å²) in [6.07, 6.45) is -7.76. The van der Waals surface area contributed by atoms with Gasteiger partial charge in [-0.05, 0) is 24.1 Å². The van der Waals surface area contributed by atoms with Crippen molar-refractivity contribution in [2.75, 3.05) is 32.9 Å². The Kier molecular flexibility index (Phi) is 9.05. The van der Waals surface area contributed by atoms with E-state index in [4.69, 9.17) is 14.2 Å². The highest BCUT2D eigenvalue weighted by atomic mass is 16.7.